The van der Waals surface area contributed by atoms with Crippen molar-refractivity contribution < 1.29 is 18.0 Å². The molecule has 0 saturated heterocycles. The molecule has 0 spiro atoms. The van der Waals surface area contributed by atoms with Crippen molar-refractivity contribution in [2.24, 2.45) is 0 Å². The van der Waals surface area contributed by atoms with Crippen LogP contribution in [0.5, 0.6) is 0 Å². The van der Waals surface area contributed by atoms with Gasteiger partial charge in [0.05, 0.1) is 10.6 Å². The van der Waals surface area contributed by atoms with Crippen molar-refractivity contribution in [3.05, 3.63) is 64.7 Å². The number of hydrogen-bond donors (Lipinski definition) is 2. The molecule has 3 rings (SSSR count). The first-order valence-corrected chi connectivity index (χ1v) is 10.2. The summed E-state index contributed by atoms with van der Waals surface area (Å²) in [6.45, 7) is 0.492. The van der Waals surface area contributed by atoms with Crippen molar-refractivity contribution in [2.75, 3.05) is 11.9 Å². The highest BCUT2D eigenvalue weighted by atomic mass is 35.5. The van der Waals surface area contributed by atoms with Gasteiger partial charge in [-0.1, -0.05) is 41.9 Å². The lowest BCUT2D eigenvalue weighted by atomic mass is 9.82. The van der Waals surface area contributed by atoms with Crippen LogP contribution in [0.3, 0.4) is 0 Å². The fraction of sp³-hybridized carbons (Fsp3) is 0.409. The molecule has 3 nitrogen and oxygen atoms in total. The van der Waals surface area contributed by atoms with Crippen LogP contribution in [0.4, 0.5) is 18.9 Å². The number of carbonyl (C=O) groups is 1. The number of carbonyl (C=O) groups excluding carboxylic acids is 1. The minimum Gasteiger partial charge on any atom is -0.326 e. The highest BCUT2D eigenvalue weighted by Gasteiger charge is 2.33. The first-order valence-electron chi connectivity index (χ1n) is 9.78. The summed E-state index contributed by atoms with van der Waals surface area (Å²) >= 11 is 5.59. The van der Waals surface area contributed by atoms with E-state index in [2.05, 4.69) is 34.9 Å². The van der Waals surface area contributed by atoms with Crippen molar-refractivity contribution in [2.45, 2.75) is 50.2 Å². The molecular weight excluding hydrogens is 401 g/mol. The van der Waals surface area contributed by atoms with E-state index in [0.717, 1.165) is 37.8 Å². The van der Waals surface area contributed by atoms with Crippen molar-refractivity contribution in [3.8, 4) is 0 Å². The summed E-state index contributed by atoms with van der Waals surface area (Å²) in [5, 5.41) is 5.52. The van der Waals surface area contributed by atoms with E-state index in [1.807, 2.05) is 6.07 Å². The number of benzene rings is 2. The van der Waals surface area contributed by atoms with Crippen molar-refractivity contribution in [1.82, 2.24) is 5.32 Å². The van der Waals surface area contributed by atoms with Gasteiger partial charge in [-0.25, -0.2) is 0 Å². The zero-order valence-corrected chi connectivity index (χ0v) is 16.7. The van der Waals surface area contributed by atoms with Gasteiger partial charge in [0.15, 0.2) is 0 Å². The Balaban J connectivity index is 1.41. The Morgan fingerprint density at radius 3 is 2.38 bits per heavy atom. The van der Waals surface area contributed by atoms with E-state index in [4.69, 9.17) is 11.6 Å². The molecule has 1 fully saturated rings. The number of anilines is 1. The first-order chi connectivity index (χ1) is 13.8. The molecule has 1 aliphatic rings. The Labute approximate surface area is 173 Å². The summed E-state index contributed by atoms with van der Waals surface area (Å²) in [7, 11) is 0. The van der Waals surface area contributed by atoms with E-state index in [9.17, 15) is 18.0 Å². The molecule has 1 saturated carbocycles. The molecule has 0 atom stereocenters. The van der Waals surface area contributed by atoms with E-state index < -0.39 is 11.7 Å². The van der Waals surface area contributed by atoms with Crippen LogP contribution < -0.4 is 10.6 Å². The van der Waals surface area contributed by atoms with Gasteiger partial charge in [-0.05, 0) is 55.4 Å². The van der Waals surface area contributed by atoms with Crippen LogP contribution in [0.15, 0.2) is 48.5 Å². The van der Waals surface area contributed by atoms with Crippen LogP contribution in [-0.2, 0) is 11.0 Å². The molecule has 2 aromatic carbocycles. The van der Waals surface area contributed by atoms with Crippen LogP contribution in [0, 0.1) is 0 Å². The predicted molar refractivity (Wildman–Crippen MR) is 109 cm³/mol. The van der Waals surface area contributed by atoms with Crippen molar-refractivity contribution >= 4 is 23.2 Å². The number of amides is 1. The molecule has 0 aliphatic heterocycles. The molecule has 2 N–H and O–H groups in total. The second-order valence-corrected chi connectivity index (χ2v) is 7.81. The Bertz CT molecular complexity index is 819. The standard InChI is InChI=1S/C22H24ClF3N2O/c23-20-11-10-18(14-19(20)22(24,25)26)28-21(29)12-13-27-17-8-6-16(7-9-17)15-4-2-1-3-5-15/h1-5,10-11,14,16-17,27H,6-9,12-13H2,(H,28,29). The zero-order valence-electron chi connectivity index (χ0n) is 15.9. The highest BCUT2D eigenvalue weighted by Crippen LogP contribution is 2.36. The average Bonchev–Trinajstić information content (AvgIpc) is 2.70. The lowest BCUT2D eigenvalue weighted by molar-refractivity contribution is -0.137. The van der Waals surface area contributed by atoms with Gasteiger partial charge >= 0.3 is 6.18 Å². The maximum Gasteiger partial charge on any atom is 0.417 e. The maximum absolute atomic E-state index is 12.9. The highest BCUT2D eigenvalue weighted by molar-refractivity contribution is 6.31. The van der Waals surface area contributed by atoms with Gasteiger partial charge in [-0.2, -0.15) is 13.2 Å². The normalized spacial score (nSPS) is 19.7. The minimum absolute atomic E-state index is 0.0927. The maximum atomic E-state index is 12.9. The summed E-state index contributed by atoms with van der Waals surface area (Å²) in [5.41, 5.74) is 0.520. The van der Waals surface area contributed by atoms with Crippen LogP contribution in [0.2, 0.25) is 5.02 Å². The summed E-state index contributed by atoms with van der Waals surface area (Å²) in [5.74, 6) is 0.260. The molecule has 7 heteroatoms. The largest absolute Gasteiger partial charge is 0.417 e. The molecule has 2 aromatic rings. The number of alkyl halides is 3. The third-order valence-electron chi connectivity index (χ3n) is 5.34. The lowest BCUT2D eigenvalue weighted by Gasteiger charge is -2.29. The number of rotatable bonds is 6. The van der Waals surface area contributed by atoms with Crippen LogP contribution in [0.25, 0.3) is 0 Å². The van der Waals surface area contributed by atoms with Crippen LogP contribution in [-0.4, -0.2) is 18.5 Å². The second-order valence-electron chi connectivity index (χ2n) is 7.40. The molecule has 0 unspecified atom stereocenters. The second kappa shape index (κ2) is 9.63. The smallest absolute Gasteiger partial charge is 0.326 e. The predicted octanol–water partition coefficient (Wildman–Crippen LogP) is 6.00. The molecule has 156 valence electrons. The third kappa shape index (κ3) is 6.21. The Morgan fingerprint density at radius 2 is 1.72 bits per heavy atom. The van der Waals surface area contributed by atoms with Gasteiger partial charge in [-0.15, -0.1) is 0 Å². The Hall–Kier alpha value is -2.05. The minimum atomic E-state index is -4.56. The van der Waals surface area contributed by atoms with E-state index in [-0.39, 0.29) is 23.0 Å². The third-order valence-corrected chi connectivity index (χ3v) is 5.67. The molecule has 29 heavy (non-hydrogen) atoms. The van der Waals surface area contributed by atoms with E-state index in [1.165, 1.54) is 11.6 Å². The fourth-order valence-electron chi connectivity index (χ4n) is 3.79. The van der Waals surface area contributed by atoms with Crippen LogP contribution in [0.1, 0.15) is 49.1 Å². The Kier molecular flexibility index (Phi) is 7.19. The fourth-order valence-corrected chi connectivity index (χ4v) is 4.01. The number of hydrogen-bond acceptors (Lipinski definition) is 2. The molecular formula is C22H24ClF3N2O. The molecule has 0 heterocycles. The topological polar surface area (TPSA) is 41.1 Å². The Morgan fingerprint density at radius 1 is 1.03 bits per heavy atom. The molecule has 1 aliphatic carbocycles. The lowest BCUT2D eigenvalue weighted by Crippen LogP contribution is -2.34. The monoisotopic (exact) mass is 424 g/mol. The van der Waals surface area contributed by atoms with Crippen molar-refractivity contribution in [1.29, 1.82) is 0 Å². The van der Waals surface area contributed by atoms with Gasteiger partial charge < -0.3 is 10.6 Å². The quantitative estimate of drug-likeness (QED) is 0.596. The van der Waals surface area contributed by atoms with E-state index >= 15 is 0 Å². The van der Waals surface area contributed by atoms with Gasteiger partial charge in [0.2, 0.25) is 5.91 Å². The summed E-state index contributed by atoms with van der Waals surface area (Å²) in [6.07, 6.45) is -0.0427. The summed E-state index contributed by atoms with van der Waals surface area (Å²) in [4.78, 5) is 12.1. The van der Waals surface area contributed by atoms with Gasteiger partial charge in [0.1, 0.15) is 0 Å². The molecule has 0 radical (unpaired) electrons. The van der Waals surface area contributed by atoms with E-state index in [1.54, 1.807) is 0 Å². The van der Waals surface area contributed by atoms with Crippen LogP contribution >= 0.6 is 11.6 Å². The SMILES string of the molecule is O=C(CCNC1CCC(c2ccccc2)CC1)Nc1ccc(Cl)c(C(F)(F)F)c1. The van der Waals surface area contributed by atoms with Gasteiger partial charge in [-0.3, -0.25) is 4.79 Å². The first kappa shape index (κ1) is 21.7. The number of halogens is 4. The van der Waals surface area contributed by atoms with Crippen molar-refractivity contribution in [3.63, 3.8) is 0 Å². The molecule has 0 bridgehead atoms. The van der Waals surface area contributed by atoms with Gasteiger partial charge in [0.25, 0.3) is 0 Å². The molecule has 0 aromatic heterocycles. The average molecular weight is 425 g/mol. The molecule has 1 amide bonds. The zero-order chi connectivity index (χ0) is 20.9. The summed E-state index contributed by atoms with van der Waals surface area (Å²) < 4.78 is 38.7. The van der Waals surface area contributed by atoms with Gasteiger partial charge in [0, 0.05) is 24.7 Å². The number of nitrogens with one attached hydrogen (secondary N) is 2. The summed E-state index contributed by atoms with van der Waals surface area (Å²) in [6, 6.07) is 14.2. The van der Waals surface area contributed by atoms with E-state index in [0.29, 0.717) is 18.5 Å².